The van der Waals surface area contributed by atoms with Gasteiger partial charge in [0.05, 0.1) is 5.56 Å². The average Bonchev–Trinajstić information content (AvgIpc) is 3.47. The van der Waals surface area contributed by atoms with Crippen LogP contribution in [0.5, 0.6) is 5.75 Å². The Bertz CT molecular complexity index is 1380. The van der Waals surface area contributed by atoms with Crippen molar-refractivity contribution >= 4 is 10.8 Å². The van der Waals surface area contributed by atoms with Crippen molar-refractivity contribution in [2.45, 2.75) is 12.8 Å². The van der Waals surface area contributed by atoms with Gasteiger partial charge < -0.3 is 13.6 Å². The zero-order chi connectivity index (χ0) is 22.1. The van der Waals surface area contributed by atoms with Crippen molar-refractivity contribution < 1.29 is 26.7 Å². The van der Waals surface area contributed by atoms with E-state index in [4.69, 9.17) is 13.6 Å². The standard InChI is InChI=1S/C24H15F3N2O3/c25-24(26,27)17-8-3-7-16(13-17)22-28-29-23(32-22)21-12-11-18(31-21)14-30-20-10-4-6-15-5-1-2-9-19(15)20/h1-13H,14H2. The number of ether oxygens (including phenoxy) is 1. The number of hydrogen-bond acceptors (Lipinski definition) is 5. The number of hydrogen-bond donors (Lipinski definition) is 0. The van der Waals surface area contributed by atoms with E-state index in [0.717, 1.165) is 28.7 Å². The second-order valence-electron chi connectivity index (χ2n) is 7.02. The molecule has 2 aromatic heterocycles. The van der Waals surface area contributed by atoms with E-state index in [-0.39, 0.29) is 24.0 Å². The molecule has 0 unspecified atom stereocenters. The molecule has 0 radical (unpaired) electrons. The van der Waals surface area contributed by atoms with Gasteiger partial charge in [0.1, 0.15) is 18.1 Å². The number of aromatic nitrogens is 2. The summed E-state index contributed by atoms with van der Waals surface area (Å²) in [4.78, 5) is 0. The molecule has 0 bridgehead atoms. The van der Waals surface area contributed by atoms with E-state index in [0.29, 0.717) is 11.5 Å². The molecule has 0 amide bonds. The first-order chi connectivity index (χ1) is 15.5. The summed E-state index contributed by atoms with van der Waals surface area (Å²) in [6.07, 6.45) is -4.46. The number of rotatable bonds is 5. The number of fused-ring (bicyclic) bond motifs is 1. The molecule has 0 fully saturated rings. The van der Waals surface area contributed by atoms with Gasteiger partial charge in [0.15, 0.2) is 5.76 Å². The van der Waals surface area contributed by atoms with Gasteiger partial charge in [-0.1, -0.05) is 42.5 Å². The summed E-state index contributed by atoms with van der Waals surface area (Å²) >= 11 is 0. The largest absolute Gasteiger partial charge is 0.485 e. The zero-order valence-electron chi connectivity index (χ0n) is 16.5. The second-order valence-corrected chi connectivity index (χ2v) is 7.02. The Kier molecular flexibility index (Phi) is 4.89. The van der Waals surface area contributed by atoms with Crippen LogP contribution in [0, 0.1) is 0 Å². The molecule has 32 heavy (non-hydrogen) atoms. The van der Waals surface area contributed by atoms with Crippen LogP contribution in [-0.4, -0.2) is 10.2 Å². The number of alkyl halides is 3. The molecule has 0 atom stereocenters. The lowest BCUT2D eigenvalue weighted by molar-refractivity contribution is -0.137. The molecule has 0 aliphatic carbocycles. The first-order valence-corrected chi connectivity index (χ1v) is 9.68. The normalized spacial score (nSPS) is 11.7. The van der Waals surface area contributed by atoms with E-state index in [1.165, 1.54) is 12.1 Å². The van der Waals surface area contributed by atoms with E-state index in [2.05, 4.69) is 10.2 Å². The third kappa shape index (κ3) is 3.94. The Morgan fingerprint density at radius 3 is 2.44 bits per heavy atom. The second kappa shape index (κ2) is 7.88. The molecular weight excluding hydrogens is 421 g/mol. The summed E-state index contributed by atoms with van der Waals surface area (Å²) in [6, 6.07) is 21.8. The van der Waals surface area contributed by atoms with Crippen LogP contribution in [0.1, 0.15) is 11.3 Å². The van der Waals surface area contributed by atoms with Crippen LogP contribution in [0.25, 0.3) is 33.9 Å². The fourth-order valence-electron chi connectivity index (χ4n) is 3.31. The number of nitrogens with zero attached hydrogens (tertiary/aromatic N) is 2. The monoisotopic (exact) mass is 436 g/mol. The fourth-order valence-corrected chi connectivity index (χ4v) is 3.31. The number of benzene rings is 3. The molecule has 5 nitrogen and oxygen atoms in total. The van der Waals surface area contributed by atoms with Gasteiger partial charge in [-0.05, 0) is 41.8 Å². The SMILES string of the molecule is FC(F)(F)c1cccc(-c2nnc(-c3ccc(COc4cccc5ccccc45)o3)o2)c1. The Morgan fingerprint density at radius 1 is 0.781 bits per heavy atom. The third-order valence-corrected chi connectivity index (χ3v) is 4.85. The highest BCUT2D eigenvalue weighted by Gasteiger charge is 2.31. The van der Waals surface area contributed by atoms with Crippen molar-refractivity contribution in [3.05, 3.63) is 90.2 Å². The number of halogens is 3. The lowest BCUT2D eigenvalue weighted by Gasteiger charge is -2.07. The summed E-state index contributed by atoms with van der Waals surface area (Å²) < 4.78 is 56.0. The van der Waals surface area contributed by atoms with Gasteiger partial charge >= 0.3 is 6.18 Å². The minimum absolute atomic E-state index is 0.0314. The molecule has 0 spiro atoms. The maximum atomic E-state index is 12.9. The molecule has 0 saturated heterocycles. The molecular formula is C24H15F3N2O3. The highest BCUT2D eigenvalue weighted by atomic mass is 19.4. The summed E-state index contributed by atoms with van der Waals surface area (Å²) in [5.74, 6) is 1.59. The molecule has 5 aromatic rings. The molecule has 0 saturated carbocycles. The summed E-state index contributed by atoms with van der Waals surface area (Å²) in [7, 11) is 0. The van der Waals surface area contributed by atoms with E-state index in [9.17, 15) is 13.2 Å². The van der Waals surface area contributed by atoms with Crippen LogP contribution in [0.15, 0.2) is 87.7 Å². The lowest BCUT2D eigenvalue weighted by Crippen LogP contribution is -2.04. The predicted molar refractivity (Wildman–Crippen MR) is 111 cm³/mol. The van der Waals surface area contributed by atoms with Crippen LogP contribution in [0.2, 0.25) is 0 Å². The van der Waals surface area contributed by atoms with Gasteiger partial charge in [-0.25, -0.2) is 0 Å². The predicted octanol–water partition coefficient (Wildman–Crippen LogP) is 6.75. The van der Waals surface area contributed by atoms with Gasteiger partial charge in [-0.15, -0.1) is 10.2 Å². The van der Waals surface area contributed by atoms with Gasteiger partial charge in [0.2, 0.25) is 5.89 Å². The van der Waals surface area contributed by atoms with Gasteiger partial charge in [0, 0.05) is 10.9 Å². The highest BCUT2D eigenvalue weighted by molar-refractivity contribution is 5.88. The molecule has 0 N–H and O–H groups in total. The van der Waals surface area contributed by atoms with Gasteiger partial charge in [-0.2, -0.15) is 13.2 Å². The van der Waals surface area contributed by atoms with Gasteiger partial charge in [0.25, 0.3) is 5.89 Å². The van der Waals surface area contributed by atoms with E-state index in [1.54, 1.807) is 12.1 Å². The van der Waals surface area contributed by atoms with Crippen molar-refractivity contribution in [2.24, 2.45) is 0 Å². The number of furan rings is 1. The molecule has 160 valence electrons. The van der Waals surface area contributed by atoms with Crippen LogP contribution in [-0.2, 0) is 12.8 Å². The maximum absolute atomic E-state index is 12.9. The summed E-state index contributed by atoms with van der Waals surface area (Å²) in [5, 5.41) is 9.80. The Hall–Kier alpha value is -4.07. The van der Waals surface area contributed by atoms with Crippen LogP contribution in [0.4, 0.5) is 13.2 Å². The summed E-state index contributed by atoms with van der Waals surface area (Å²) in [6.45, 7) is 0.183. The van der Waals surface area contributed by atoms with E-state index in [1.807, 2.05) is 42.5 Å². The van der Waals surface area contributed by atoms with Crippen LogP contribution < -0.4 is 4.74 Å². The Labute approximate surface area is 180 Å². The maximum Gasteiger partial charge on any atom is 0.416 e. The van der Waals surface area contributed by atoms with Crippen molar-refractivity contribution in [3.8, 4) is 28.9 Å². The minimum atomic E-state index is -4.46. The van der Waals surface area contributed by atoms with Crippen molar-refractivity contribution in [1.29, 1.82) is 0 Å². The summed E-state index contributed by atoms with van der Waals surface area (Å²) in [5.41, 5.74) is -0.620. The molecule has 0 aliphatic rings. The Morgan fingerprint density at radius 2 is 1.56 bits per heavy atom. The van der Waals surface area contributed by atoms with Gasteiger partial charge in [-0.3, -0.25) is 0 Å². The molecule has 2 heterocycles. The average molecular weight is 436 g/mol. The topological polar surface area (TPSA) is 61.3 Å². The van der Waals surface area contributed by atoms with E-state index >= 15 is 0 Å². The molecule has 5 rings (SSSR count). The highest BCUT2D eigenvalue weighted by Crippen LogP contribution is 2.33. The van der Waals surface area contributed by atoms with E-state index < -0.39 is 11.7 Å². The van der Waals surface area contributed by atoms with Crippen molar-refractivity contribution in [2.75, 3.05) is 0 Å². The quantitative estimate of drug-likeness (QED) is 0.305. The van der Waals surface area contributed by atoms with Crippen molar-refractivity contribution in [1.82, 2.24) is 10.2 Å². The smallest absolute Gasteiger partial charge is 0.416 e. The fraction of sp³-hybridized carbons (Fsp3) is 0.0833. The van der Waals surface area contributed by atoms with Crippen LogP contribution in [0.3, 0.4) is 0 Å². The zero-order valence-corrected chi connectivity index (χ0v) is 16.5. The first-order valence-electron chi connectivity index (χ1n) is 9.68. The third-order valence-electron chi connectivity index (χ3n) is 4.85. The van der Waals surface area contributed by atoms with Crippen molar-refractivity contribution in [3.63, 3.8) is 0 Å². The lowest BCUT2D eigenvalue weighted by atomic mass is 10.1. The minimum Gasteiger partial charge on any atom is -0.485 e. The van der Waals surface area contributed by atoms with Crippen LogP contribution >= 0.6 is 0 Å². The molecule has 3 aromatic carbocycles. The molecule has 0 aliphatic heterocycles. The first kappa shape index (κ1) is 19.9. The molecule has 8 heteroatoms. The Balaban J connectivity index is 1.33.